The maximum atomic E-state index is 12.5. The van der Waals surface area contributed by atoms with Crippen molar-refractivity contribution in [1.82, 2.24) is 5.32 Å². The van der Waals surface area contributed by atoms with Crippen molar-refractivity contribution in [2.24, 2.45) is 0 Å². The second-order valence-electron chi connectivity index (χ2n) is 21.7. The maximum Gasteiger partial charge on any atom is 0.305 e. The molecule has 0 aliphatic rings. The number of amides is 1. The monoisotopic (exact) mass is 998 g/mol. The number of carbonyl (C=O) groups is 2. The predicted molar refractivity (Wildman–Crippen MR) is 310 cm³/mol. The van der Waals surface area contributed by atoms with Crippen LogP contribution < -0.4 is 5.32 Å². The highest BCUT2D eigenvalue weighted by atomic mass is 16.5. The summed E-state index contributed by atoms with van der Waals surface area (Å²) in [6.45, 7) is 4.85. The minimum Gasteiger partial charge on any atom is -0.466 e. The minimum absolute atomic E-state index is 0.00223. The van der Waals surface area contributed by atoms with Gasteiger partial charge in [-0.15, -0.1) is 0 Å². The van der Waals surface area contributed by atoms with Gasteiger partial charge in [-0.3, -0.25) is 9.59 Å². The third-order valence-electron chi connectivity index (χ3n) is 14.6. The van der Waals surface area contributed by atoms with E-state index in [9.17, 15) is 19.8 Å². The molecule has 0 fully saturated rings. The first-order chi connectivity index (χ1) is 35.0. The normalized spacial score (nSPS) is 12.8. The molecule has 1 amide bonds. The molecular weight excluding hydrogens is 875 g/mol. The number of aliphatic hydroxyl groups excluding tert-OH is 2. The minimum atomic E-state index is -0.842. The van der Waals surface area contributed by atoms with Gasteiger partial charge in [0.25, 0.3) is 0 Å². The van der Waals surface area contributed by atoms with Gasteiger partial charge < -0.3 is 20.3 Å². The molecule has 6 heteroatoms. The molecule has 2 atom stereocenters. The molecule has 0 spiro atoms. The second-order valence-corrected chi connectivity index (χ2v) is 21.7. The van der Waals surface area contributed by atoms with Crippen molar-refractivity contribution in [2.45, 2.75) is 353 Å². The summed E-state index contributed by atoms with van der Waals surface area (Å²) in [4.78, 5) is 24.5. The Bertz CT molecular complexity index is 1150. The van der Waals surface area contributed by atoms with Gasteiger partial charge in [-0.2, -0.15) is 0 Å². The Morgan fingerprint density at radius 1 is 0.394 bits per heavy atom. The van der Waals surface area contributed by atoms with Crippen LogP contribution in [0.25, 0.3) is 0 Å². The van der Waals surface area contributed by atoms with E-state index in [1.54, 1.807) is 6.08 Å². The molecule has 0 saturated carbocycles. The molecule has 0 aromatic heterocycles. The lowest BCUT2D eigenvalue weighted by molar-refractivity contribution is -0.143. The van der Waals surface area contributed by atoms with Crippen LogP contribution in [0.4, 0.5) is 0 Å². The van der Waals surface area contributed by atoms with Crippen LogP contribution in [0.1, 0.15) is 341 Å². The molecule has 0 aromatic carbocycles. The van der Waals surface area contributed by atoms with Crippen LogP contribution in [0.15, 0.2) is 36.5 Å². The first-order valence-electron chi connectivity index (χ1n) is 31.8. The number of unbranched alkanes of at least 4 members (excludes halogenated alkanes) is 44. The van der Waals surface area contributed by atoms with Crippen LogP contribution >= 0.6 is 0 Å². The fourth-order valence-corrected chi connectivity index (χ4v) is 9.79. The summed E-state index contributed by atoms with van der Waals surface area (Å²) >= 11 is 0. The molecule has 0 aromatic rings. The smallest absolute Gasteiger partial charge is 0.305 e. The molecule has 3 N–H and O–H groups in total. The van der Waals surface area contributed by atoms with Crippen LogP contribution in [0.3, 0.4) is 0 Å². The third kappa shape index (κ3) is 57.2. The Morgan fingerprint density at radius 3 is 1.13 bits per heavy atom. The number of allylic oxidation sites excluding steroid dienone is 5. The standard InChI is InChI=1S/C65H123NO5/c1-3-5-7-9-11-13-15-17-34-37-41-45-49-53-57-63(68)62(61-67)66-64(69)58-54-50-46-42-38-35-31-29-27-25-23-21-19-18-20-22-24-26-28-30-32-36-40-44-48-52-56-60-71-65(70)59-55-51-47-43-39-33-16-14-12-10-8-6-4-2/h8,10,14,16,53,57,62-63,67-68H,3-7,9,11-13,15,17-52,54-56,58-61H2,1-2H3,(H,66,69)/b10-8-,16-14-,57-53+. The zero-order valence-electron chi connectivity index (χ0n) is 47.7. The number of ether oxygens (including phenoxy) is 1. The number of hydrogen-bond donors (Lipinski definition) is 3. The van der Waals surface area contributed by atoms with Crippen LogP contribution in [0.5, 0.6) is 0 Å². The molecule has 0 aliphatic carbocycles. The van der Waals surface area contributed by atoms with E-state index in [-0.39, 0.29) is 18.5 Å². The average molecular weight is 999 g/mol. The molecule has 71 heavy (non-hydrogen) atoms. The number of rotatable bonds is 59. The Kier molecular flexibility index (Phi) is 59.0. The molecule has 0 radical (unpaired) electrons. The molecule has 6 nitrogen and oxygen atoms in total. The van der Waals surface area contributed by atoms with E-state index >= 15 is 0 Å². The van der Waals surface area contributed by atoms with E-state index in [1.807, 2.05) is 6.08 Å². The van der Waals surface area contributed by atoms with Crippen molar-refractivity contribution >= 4 is 11.9 Å². The number of nitrogens with one attached hydrogen (secondary N) is 1. The topological polar surface area (TPSA) is 95.9 Å². The molecule has 0 aliphatic heterocycles. The maximum absolute atomic E-state index is 12.5. The summed E-state index contributed by atoms with van der Waals surface area (Å²) in [5, 5.41) is 23.1. The zero-order valence-corrected chi connectivity index (χ0v) is 47.7. The highest BCUT2D eigenvalue weighted by Crippen LogP contribution is 2.18. The molecule has 0 rings (SSSR count). The summed E-state index contributed by atoms with van der Waals surface area (Å²) in [5.74, 6) is -0.0621. The summed E-state index contributed by atoms with van der Waals surface area (Å²) in [7, 11) is 0. The Balaban J connectivity index is 3.36. The number of aliphatic hydroxyl groups is 2. The fourth-order valence-electron chi connectivity index (χ4n) is 9.79. The Labute approximate surface area is 443 Å². The van der Waals surface area contributed by atoms with Gasteiger partial charge in [0.2, 0.25) is 5.91 Å². The van der Waals surface area contributed by atoms with Gasteiger partial charge >= 0.3 is 5.97 Å². The Morgan fingerprint density at radius 2 is 0.732 bits per heavy atom. The van der Waals surface area contributed by atoms with Gasteiger partial charge in [0.1, 0.15) is 0 Å². The van der Waals surface area contributed by atoms with Gasteiger partial charge in [0, 0.05) is 12.8 Å². The largest absolute Gasteiger partial charge is 0.466 e. The molecule has 0 saturated heterocycles. The molecule has 418 valence electrons. The molecule has 0 bridgehead atoms. The van der Waals surface area contributed by atoms with E-state index in [2.05, 4.69) is 43.5 Å². The van der Waals surface area contributed by atoms with Crippen molar-refractivity contribution in [1.29, 1.82) is 0 Å². The second kappa shape index (κ2) is 60.6. The summed E-state index contributed by atoms with van der Waals surface area (Å²) in [6, 6.07) is -0.625. The van der Waals surface area contributed by atoms with Crippen molar-refractivity contribution in [3.05, 3.63) is 36.5 Å². The van der Waals surface area contributed by atoms with Gasteiger partial charge in [0.15, 0.2) is 0 Å². The van der Waals surface area contributed by atoms with E-state index in [0.717, 1.165) is 51.4 Å². The van der Waals surface area contributed by atoms with Gasteiger partial charge in [-0.25, -0.2) is 0 Å². The zero-order chi connectivity index (χ0) is 51.4. The summed E-state index contributed by atoms with van der Waals surface area (Å²) < 4.78 is 5.47. The van der Waals surface area contributed by atoms with E-state index < -0.39 is 12.1 Å². The van der Waals surface area contributed by atoms with E-state index in [4.69, 9.17) is 4.74 Å². The van der Waals surface area contributed by atoms with Crippen molar-refractivity contribution in [3.63, 3.8) is 0 Å². The van der Waals surface area contributed by atoms with E-state index in [1.165, 1.54) is 263 Å². The SMILES string of the molecule is CCC/C=C\C/C=C\CCCCCCCC(=O)OCCCCCCCCCCCCCCCCCCCCCCCCCCCCCC(=O)NC(CO)C(O)/C=C/CCCCCCCCCCCCCC. The van der Waals surface area contributed by atoms with Gasteiger partial charge in [-0.1, -0.05) is 307 Å². The van der Waals surface area contributed by atoms with Crippen LogP contribution in [0, 0.1) is 0 Å². The number of carbonyl (C=O) groups excluding carboxylic acids is 2. The Hall–Kier alpha value is -1.92. The number of hydrogen-bond acceptors (Lipinski definition) is 5. The lowest BCUT2D eigenvalue weighted by Crippen LogP contribution is -2.45. The number of esters is 1. The first kappa shape index (κ1) is 69.1. The van der Waals surface area contributed by atoms with Crippen LogP contribution in [-0.2, 0) is 14.3 Å². The van der Waals surface area contributed by atoms with Crippen molar-refractivity contribution in [2.75, 3.05) is 13.2 Å². The first-order valence-corrected chi connectivity index (χ1v) is 31.8. The lowest BCUT2D eigenvalue weighted by Gasteiger charge is -2.20. The third-order valence-corrected chi connectivity index (χ3v) is 14.6. The highest BCUT2D eigenvalue weighted by Gasteiger charge is 2.18. The summed E-state index contributed by atoms with van der Waals surface area (Å²) in [6.07, 6.45) is 76.3. The molecular formula is C65H123NO5. The van der Waals surface area contributed by atoms with Crippen LogP contribution in [-0.4, -0.2) is 47.4 Å². The van der Waals surface area contributed by atoms with E-state index in [0.29, 0.717) is 19.4 Å². The molecule has 2 unspecified atom stereocenters. The van der Waals surface area contributed by atoms with Crippen molar-refractivity contribution < 1.29 is 24.5 Å². The highest BCUT2D eigenvalue weighted by molar-refractivity contribution is 5.76. The fraction of sp³-hybridized carbons (Fsp3) is 0.877. The van der Waals surface area contributed by atoms with Crippen LogP contribution in [0.2, 0.25) is 0 Å². The van der Waals surface area contributed by atoms with Gasteiger partial charge in [0.05, 0.1) is 25.4 Å². The summed E-state index contributed by atoms with van der Waals surface area (Å²) in [5.41, 5.74) is 0. The molecule has 0 heterocycles. The van der Waals surface area contributed by atoms with Gasteiger partial charge in [-0.05, 0) is 57.8 Å². The lowest BCUT2D eigenvalue weighted by atomic mass is 10.0. The average Bonchev–Trinajstić information content (AvgIpc) is 3.37. The predicted octanol–water partition coefficient (Wildman–Crippen LogP) is 20.0. The quantitative estimate of drug-likeness (QED) is 0.0321. The van der Waals surface area contributed by atoms with Crippen molar-refractivity contribution in [3.8, 4) is 0 Å².